The van der Waals surface area contributed by atoms with Crippen LogP contribution in [0.2, 0.25) is 0 Å². The molecule has 2 heterocycles. The van der Waals surface area contributed by atoms with Crippen LogP contribution >= 0.6 is 0 Å². The summed E-state index contributed by atoms with van der Waals surface area (Å²) in [5, 5.41) is 8.96. The number of likely N-dealkylation sites (tertiary alicyclic amines) is 1. The van der Waals surface area contributed by atoms with Crippen molar-refractivity contribution in [1.82, 2.24) is 9.88 Å². The van der Waals surface area contributed by atoms with Crippen molar-refractivity contribution in [2.45, 2.75) is 33.1 Å². The fourth-order valence-electron chi connectivity index (χ4n) is 2.61. The van der Waals surface area contributed by atoms with Gasteiger partial charge in [0.25, 0.3) is 5.91 Å². The Kier molecular flexibility index (Phi) is 4.37. The molecule has 20 heavy (non-hydrogen) atoms. The van der Waals surface area contributed by atoms with Crippen molar-refractivity contribution in [3.05, 3.63) is 29.1 Å². The van der Waals surface area contributed by atoms with Crippen LogP contribution in [0.25, 0.3) is 0 Å². The van der Waals surface area contributed by atoms with Crippen LogP contribution in [0.5, 0.6) is 0 Å². The first-order valence-electron chi connectivity index (χ1n) is 7.03. The third-order valence-corrected chi connectivity index (χ3v) is 4.01. The van der Waals surface area contributed by atoms with Crippen molar-refractivity contribution in [1.29, 1.82) is 0 Å². The number of rotatable bonds is 3. The molecule has 0 aromatic carbocycles. The van der Waals surface area contributed by atoms with Crippen molar-refractivity contribution in [2.24, 2.45) is 5.92 Å². The summed E-state index contributed by atoms with van der Waals surface area (Å²) in [5.74, 6) is -0.402. The molecule has 1 saturated heterocycles. The van der Waals surface area contributed by atoms with E-state index in [1.165, 1.54) is 12.1 Å². The van der Waals surface area contributed by atoms with E-state index in [-0.39, 0.29) is 11.5 Å². The zero-order valence-electron chi connectivity index (χ0n) is 11.9. The zero-order valence-corrected chi connectivity index (χ0v) is 11.9. The predicted octanol–water partition coefficient (Wildman–Crippen LogP) is 2.35. The maximum Gasteiger partial charge on any atom is 0.337 e. The molecule has 0 unspecified atom stereocenters. The smallest absolute Gasteiger partial charge is 0.337 e. The maximum absolute atomic E-state index is 12.3. The molecule has 1 amide bonds. The van der Waals surface area contributed by atoms with Gasteiger partial charge in [0, 0.05) is 13.1 Å². The van der Waals surface area contributed by atoms with Gasteiger partial charge in [-0.05, 0) is 37.8 Å². The number of pyridine rings is 1. The third kappa shape index (κ3) is 2.98. The average Bonchev–Trinajstić information content (AvgIpc) is 2.46. The third-order valence-electron chi connectivity index (χ3n) is 4.01. The number of hydrogen-bond donors (Lipinski definition) is 1. The standard InChI is InChI=1S/C15H20N2O3/c1-3-11-6-8-17(9-7-11)14(18)13-5-4-12(15(19)20)10(2)16-13/h4-5,11H,3,6-9H2,1-2H3,(H,19,20). The summed E-state index contributed by atoms with van der Waals surface area (Å²) in [4.78, 5) is 29.2. The van der Waals surface area contributed by atoms with Gasteiger partial charge in [0.05, 0.1) is 11.3 Å². The molecule has 108 valence electrons. The highest BCUT2D eigenvalue weighted by Gasteiger charge is 2.24. The first-order chi connectivity index (χ1) is 9.52. The number of nitrogens with zero attached hydrogens (tertiary/aromatic N) is 2. The van der Waals surface area contributed by atoms with Gasteiger partial charge in [-0.1, -0.05) is 13.3 Å². The molecule has 0 spiro atoms. The monoisotopic (exact) mass is 276 g/mol. The highest BCUT2D eigenvalue weighted by Crippen LogP contribution is 2.21. The van der Waals surface area contributed by atoms with Gasteiger partial charge < -0.3 is 10.0 Å². The average molecular weight is 276 g/mol. The van der Waals surface area contributed by atoms with E-state index in [1.54, 1.807) is 6.92 Å². The summed E-state index contributed by atoms with van der Waals surface area (Å²) in [6, 6.07) is 2.96. The summed E-state index contributed by atoms with van der Waals surface area (Å²) in [5.41, 5.74) is 0.862. The van der Waals surface area contributed by atoms with Crippen LogP contribution in [0, 0.1) is 12.8 Å². The van der Waals surface area contributed by atoms with Crippen LogP contribution in [0.4, 0.5) is 0 Å². The van der Waals surface area contributed by atoms with Crippen molar-refractivity contribution in [3.63, 3.8) is 0 Å². The lowest BCUT2D eigenvalue weighted by Crippen LogP contribution is -2.38. The SMILES string of the molecule is CCC1CCN(C(=O)c2ccc(C(=O)O)c(C)n2)CC1. The number of hydrogen-bond acceptors (Lipinski definition) is 3. The van der Waals surface area contributed by atoms with E-state index in [9.17, 15) is 9.59 Å². The van der Waals surface area contributed by atoms with Crippen LogP contribution in [0.1, 0.15) is 52.7 Å². The van der Waals surface area contributed by atoms with Crippen molar-refractivity contribution < 1.29 is 14.7 Å². The molecule has 1 fully saturated rings. The summed E-state index contributed by atoms with van der Waals surface area (Å²) < 4.78 is 0. The number of aromatic carboxylic acids is 1. The number of carbonyl (C=O) groups is 2. The van der Waals surface area contributed by atoms with Gasteiger partial charge in [-0.25, -0.2) is 9.78 Å². The predicted molar refractivity (Wildman–Crippen MR) is 74.9 cm³/mol. The lowest BCUT2D eigenvalue weighted by molar-refractivity contribution is 0.0672. The maximum atomic E-state index is 12.3. The van der Waals surface area contributed by atoms with E-state index < -0.39 is 5.97 Å². The summed E-state index contributed by atoms with van der Waals surface area (Å²) in [6.07, 6.45) is 3.23. The van der Waals surface area contributed by atoms with Gasteiger partial charge in [0.1, 0.15) is 5.69 Å². The van der Waals surface area contributed by atoms with Crippen LogP contribution in [-0.4, -0.2) is 40.0 Å². The van der Waals surface area contributed by atoms with Gasteiger partial charge in [-0.15, -0.1) is 0 Å². The first-order valence-corrected chi connectivity index (χ1v) is 7.03. The molecule has 0 radical (unpaired) electrons. The Hall–Kier alpha value is -1.91. The number of amides is 1. The normalized spacial score (nSPS) is 16.2. The van der Waals surface area contributed by atoms with Gasteiger partial charge >= 0.3 is 5.97 Å². The lowest BCUT2D eigenvalue weighted by atomic mass is 9.94. The van der Waals surface area contributed by atoms with E-state index in [4.69, 9.17) is 5.11 Å². The second-order valence-electron chi connectivity index (χ2n) is 5.28. The van der Waals surface area contributed by atoms with Gasteiger partial charge in [0.15, 0.2) is 0 Å². The molecule has 0 atom stereocenters. The van der Waals surface area contributed by atoms with Gasteiger partial charge in [-0.2, -0.15) is 0 Å². The van der Waals surface area contributed by atoms with Crippen molar-refractivity contribution in [3.8, 4) is 0 Å². The van der Waals surface area contributed by atoms with Crippen LogP contribution in [0.3, 0.4) is 0 Å². The Morgan fingerprint density at radius 3 is 2.50 bits per heavy atom. The van der Waals surface area contributed by atoms with E-state index in [0.29, 0.717) is 17.3 Å². The molecule has 0 bridgehead atoms. The molecule has 5 heteroatoms. The molecule has 1 aromatic heterocycles. The highest BCUT2D eigenvalue weighted by molar-refractivity contribution is 5.94. The number of carbonyl (C=O) groups excluding carboxylic acids is 1. The second kappa shape index (κ2) is 6.03. The van der Waals surface area contributed by atoms with E-state index in [2.05, 4.69) is 11.9 Å². The van der Waals surface area contributed by atoms with Crippen LogP contribution < -0.4 is 0 Å². The Labute approximate surface area is 118 Å². The molecular weight excluding hydrogens is 256 g/mol. The van der Waals surface area contributed by atoms with E-state index in [0.717, 1.165) is 32.4 Å². The quantitative estimate of drug-likeness (QED) is 0.920. The minimum atomic E-state index is -1.02. The fourth-order valence-corrected chi connectivity index (χ4v) is 2.61. The summed E-state index contributed by atoms with van der Waals surface area (Å²) >= 11 is 0. The fraction of sp³-hybridized carbons (Fsp3) is 0.533. The van der Waals surface area contributed by atoms with Crippen molar-refractivity contribution in [2.75, 3.05) is 13.1 Å². The number of aromatic nitrogens is 1. The molecule has 1 aliphatic rings. The number of carboxylic acids is 1. The van der Waals surface area contributed by atoms with Crippen LogP contribution in [0.15, 0.2) is 12.1 Å². The number of piperidine rings is 1. The highest BCUT2D eigenvalue weighted by atomic mass is 16.4. The molecule has 1 aliphatic heterocycles. The van der Waals surface area contributed by atoms with E-state index >= 15 is 0 Å². The van der Waals surface area contributed by atoms with E-state index in [1.807, 2.05) is 4.90 Å². The first kappa shape index (κ1) is 14.5. The lowest BCUT2D eigenvalue weighted by Gasteiger charge is -2.31. The van der Waals surface area contributed by atoms with Gasteiger partial charge in [-0.3, -0.25) is 4.79 Å². The Morgan fingerprint density at radius 2 is 2.00 bits per heavy atom. The molecule has 0 aliphatic carbocycles. The largest absolute Gasteiger partial charge is 0.478 e. The summed E-state index contributed by atoms with van der Waals surface area (Å²) in [7, 11) is 0. The summed E-state index contributed by atoms with van der Waals surface area (Å²) in [6.45, 7) is 5.32. The topological polar surface area (TPSA) is 70.5 Å². The minimum absolute atomic E-state index is 0.0976. The Bertz CT molecular complexity index is 520. The number of aryl methyl sites for hydroxylation is 1. The second-order valence-corrected chi connectivity index (χ2v) is 5.28. The molecule has 1 aromatic rings. The molecule has 0 saturated carbocycles. The molecular formula is C15H20N2O3. The van der Waals surface area contributed by atoms with Crippen LogP contribution in [-0.2, 0) is 0 Å². The van der Waals surface area contributed by atoms with Gasteiger partial charge in [0.2, 0.25) is 0 Å². The molecule has 5 nitrogen and oxygen atoms in total. The molecule has 1 N–H and O–H groups in total. The Balaban J connectivity index is 2.10. The number of carboxylic acid groups (broad SMARTS) is 1. The minimum Gasteiger partial charge on any atom is -0.478 e. The van der Waals surface area contributed by atoms with Crippen molar-refractivity contribution >= 4 is 11.9 Å². The molecule has 2 rings (SSSR count). The Morgan fingerprint density at radius 1 is 1.35 bits per heavy atom. The zero-order chi connectivity index (χ0) is 14.7.